The molecule has 0 saturated carbocycles. The SMILES string of the molecule is N#CCC(=O)Nc1ccc([As](=O)(O)O)cc1. The van der Waals surface area contributed by atoms with E-state index in [9.17, 15) is 8.53 Å². The van der Waals surface area contributed by atoms with Gasteiger partial charge in [0.15, 0.2) is 0 Å². The van der Waals surface area contributed by atoms with Crippen LogP contribution < -0.4 is 9.67 Å². The summed E-state index contributed by atoms with van der Waals surface area (Å²) in [6.07, 6.45) is -0.260. The van der Waals surface area contributed by atoms with Gasteiger partial charge < -0.3 is 0 Å². The first kappa shape index (κ1) is 12.5. The summed E-state index contributed by atoms with van der Waals surface area (Å²) < 4.78 is 28.6. The van der Waals surface area contributed by atoms with Gasteiger partial charge in [0.05, 0.1) is 0 Å². The molecule has 0 saturated heterocycles. The summed E-state index contributed by atoms with van der Waals surface area (Å²) >= 11 is -4.85. The summed E-state index contributed by atoms with van der Waals surface area (Å²) in [4.78, 5) is 11.0. The van der Waals surface area contributed by atoms with Gasteiger partial charge in [0.2, 0.25) is 0 Å². The fraction of sp³-hybridized carbons (Fsp3) is 0.111. The third-order valence-corrected chi connectivity index (χ3v) is 3.76. The van der Waals surface area contributed by atoms with Crippen molar-refractivity contribution in [2.75, 3.05) is 5.32 Å². The van der Waals surface area contributed by atoms with Crippen LogP contribution in [0.4, 0.5) is 5.69 Å². The number of nitrogens with zero attached hydrogens (tertiary/aromatic N) is 1. The number of anilines is 1. The molecular formula is C9H9AsN2O4. The Labute approximate surface area is 94.5 Å². The van der Waals surface area contributed by atoms with Crippen LogP contribution in [0.1, 0.15) is 6.42 Å². The molecule has 0 aliphatic heterocycles. The molecule has 0 unspecified atom stereocenters. The fourth-order valence-electron chi connectivity index (χ4n) is 1.02. The molecule has 1 aromatic rings. The zero-order valence-electron chi connectivity index (χ0n) is 8.12. The summed E-state index contributed by atoms with van der Waals surface area (Å²) in [7, 11) is 0. The van der Waals surface area contributed by atoms with Gasteiger partial charge >= 0.3 is 94.2 Å². The van der Waals surface area contributed by atoms with Crippen molar-refractivity contribution in [2.45, 2.75) is 6.42 Å². The van der Waals surface area contributed by atoms with Crippen molar-refractivity contribution < 1.29 is 16.7 Å². The van der Waals surface area contributed by atoms with Gasteiger partial charge in [0.25, 0.3) is 0 Å². The predicted octanol–water partition coefficient (Wildman–Crippen LogP) is -0.900. The van der Waals surface area contributed by atoms with Crippen LogP contribution in [0.5, 0.6) is 0 Å². The Bertz CT molecular complexity index is 471. The second kappa shape index (κ2) is 4.99. The van der Waals surface area contributed by atoms with E-state index in [1.54, 1.807) is 6.07 Å². The molecule has 0 heterocycles. The summed E-state index contributed by atoms with van der Waals surface area (Å²) in [6, 6.07) is 6.95. The Kier molecular flexibility index (Phi) is 3.91. The number of amides is 1. The Morgan fingerprint density at radius 2 is 1.94 bits per heavy atom. The van der Waals surface area contributed by atoms with Crippen molar-refractivity contribution >= 4 is 30.1 Å². The number of hydrogen-bond acceptors (Lipinski definition) is 3. The van der Waals surface area contributed by atoms with E-state index in [-0.39, 0.29) is 10.8 Å². The Hall–Kier alpha value is -1.54. The summed E-state index contributed by atoms with van der Waals surface area (Å²) in [5, 5.41) is 10.7. The molecule has 6 nitrogen and oxygen atoms in total. The normalized spacial score (nSPS) is 10.6. The molecule has 16 heavy (non-hydrogen) atoms. The van der Waals surface area contributed by atoms with E-state index in [2.05, 4.69) is 5.32 Å². The monoisotopic (exact) mass is 284 g/mol. The van der Waals surface area contributed by atoms with E-state index in [0.717, 1.165) is 0 Å². The maximum absolute atomic E-state index is 11.0. The number of hydrogen-bond donors (Lipinski definition) is 3. The molecule has 0 aliphatic rings. The third kappa shape index (κ3) is 3.55. The molecule has 3 N–H and O–H groups in total. The molecule has 1 amide bonds. The average molecular weight is 284 g/mol. The van der Waals surface area contributed by atoms with Crippen LogP contribution in [0.3, 0.4) is 0 Å². The molecule has 0 aromatic heterocycles. The molecule has 0 radical (unpaired) electrons. The molecular weight excluding hydrogens is 275 g/mol. The van der Waals surface area contributed by atoms with Crippen LogP contribution in [0, 0.1) is 11.3 Å². The van der Waals surface area contributed by atoms with Crippen molar-refractivity contribution in [3.63, 3.8) is 0 Å². The maximum atomic E-state index is 11.0. The first-order chi connectivity index (χ1) is 7.43. The standard InChI is InChI=1S/C9H9AsN2O4/c11-6-5-9(13)12-8-3-1-7(2-4-8)10(14,15)16/h1-4H,5H2,(H,12,13)(H2,14,15,16). The first-order valence-electron chi connectivity index (χ1n) is 4.26. The Morgan fingerprint density at radius 1 is 1.38 bits per heavy atom. The third-order valence-electron chi connectivity index (χ3n) is 1.73. The van der Waals surface area contributed by atoms with Crippen molar-refractivity contribution in [2.24, 2.45) is 0 Å². The topological polar surface area (TPSA) is 110 Å². The molecule has 0 spiro atoms. The first-order valence-corrected chi connectivity index (χ1v) is 7.65. The van der Waals surface area contributed by atoms with Crippen LogP contribution in [0.15, 0.2) is 24.3 Å². The molecule has 7 heteroatoms. The molecule has 1 aromatic carbocycles. The van der Waals surface area contributed by atoms with Gasteiger partial charge in [-0.1, -0.05) is 0 Å². The van der Waals surface area contributed by atoms with Crippen LogP contribution >= 0.6 is 0 Å². The number of benzene rings is 1. The number of carbonyl (C=O) groups excluding carboxylic acids is 1. The average Bonchev–Trinajstić information content (AvgIpc) is 2.17. The van der Waals surface area contributed by atoms with Crippen molar-refractivity contribution in [1.29, 1.82) is 5.26 Å². The van der Waals surface area contributed by atoms with Gasteiger partial charge in [0.1, 0.15) is 0 Å². The van der Waals surface area contributed by atoms with Crippen molar-refractivity contribution in [3.8, 4) is 6.07 Å². The number of rotatable bonds is 3. The Balaban J connectivity index is 2.77. The number of carbonyl (C=O) groups is 1. The number of nitriles is 1. The Morgan fingerprint density at radius 3 is 2.38 bits per heavy atom. The van der Waals surface area contributed by atoms with Gasteiger partial charge in [-0.2, -0.15) is 0 Å². The van der Waals surface area contributed by atoms with Gasteiger partial charge in [-0.25, -0.2) is 0 Å². The summed E-state index contributed by atoms with van der Waals surface area (Å²) in [5.74, 6) is -0.461. The number of nitrogens with one attached hydrogen (secondary N) is 1. The molecule has 84 valence electrons. The van der Waals surface area contributed by atoms with Gasteiger partial charge in [0, 0.05) is 0 Å². The van der Waals surface area contributed by atoms with E-state index >= 15 is 0 Å². The molecule has 0 aliphatic carbocycles. The zero-order chi connectivity index (χ0) is 12.2. The quantitative estimate of drug-likeness (QED) is 0.623. The van der Waals surface area contributed by atoms with Crippen LogP contribution in [-0.4, -0.2) is 28.3 Å². The van der Waals surface area contributed by atoms with Crippen LogP contribution in [-0.2, 0) is 8.53 Å². The molecule has 0 bridgehead atoms. The van der Waals surface area contributed by atoms with E-state index in [1.165, 1.54) is 24.3 Å². The molecule has 1 rings (SSSR count). The van der Waals surface area contributed by atoms with Crippen LogP contribution in [0.25, 0.3) is 0 Å². The van der Waals surface area contributed by atoms with E-state index in [4.69, 9.17) is 13.5 Å². The van der Waals surface area contributed by atoms with Gasteiger partial charge in [-0.05, 0) is 0 Å². The van der Waals surface area contributed by atoms with E-state index in [0.29, 0.717) is 5.69 Å². The predicted molar refractivity (Wildman–Crippen MR) is 55.8 cm³/mol. The van der Waals surface area contributed by atoms with Gasteiger partial charge in [-0.15, -0.1) is 0 Å². The van der Waals surface area contributed by atoms with Crippen molar-refractivity contribution in [1.82, 2.24) is 0 Å². The second-order valence-corrected chi connectivity index (χ2v) is 6.34. The second-order valence-electron chi connectivity index (χ2n) is 2.97. The zero-order valence-corrected chi connectivity index (χ0v) is 10.00. The van der Waals surface area contributed by atoms with Crippen molar-refractivity contribution in [3.05, 3.63) is 24.3 Å². The minimum atomic E-state index is -4.85. The minimum absolute atomic E-state index is 0.0589. The molecule has 0 fully saturated rings. The summed E-state index contributed by atoms with van der Waals surface area (Å²) in [5.41, 5.74) is 0.396. The van der Waals surface area contributed by atoms with Crippen LogP contribution in [0.2, 0.25) is 0 Å². The fourth-order valence-corrected chi connectivity index (χ4v) is 2.14. The van der Waals surface area contributed by atoms with Gasteiger partial charge in [-0.3, -0.25) is 0 Å². The van der Waals surface area contributed by atoms with E-state index < -0.39 is 20.1 Å². The summed E-state index contributed by atoms with van der Waals surface area (Å²) in [6.45, 7) is 0. The van der Waals surface area contributed by atoms with E-state index in [1.807, 2.05) is 0 Å². The molecule has 0 atom stereocenters.